The van der Waals surface area contributed by atoms with Gasteiger partial charge in [0, 0.05) is 16.6 Å². The van der Waals surface area contributed by atoms with E-state index in [1.165, 1.54) is 0 Å². The number of fused-ring (bicyclic) bond motifs is 1. The third kappa shape index (κ3) is 2.04. The monoisotopic (exact) mass is 252 g/mol. The van der Waals surface area contributed by atoms with Crippen molar-refractivity contribution in [2.45, 2.75) is 0 Å². The minimum absolute atomic E-state index is 0.263. The van der Waals surface area contributed by atoms with Crippen LogP contribution in [0.2, 0.25) is 0 Å². The first-order chi connectivity index (χ1) is 9.25. The Labute approximate surface area is 109 Å². The topological polar surface area (TPSA) is 65.1 Å². The van der Waals surface area contributed by atoms with Crippen LogP contribution < -0.4 is 5.32 Å². The van der Waals surface area contributed by atoms with Crippen molar-refractivity contribution in [1.82, 2.24) is 4.98 Å². The van der Waals surface area contributed by atoms with Crippen LogP contribution in [0.5, 0.6) is 0 Å². The van der Waals surface area contributed by atoms with Gasteiger partial charge in [0.05, 0.1) is 0 Å². The molecule has 1 aromatic heterocycles. The van der Waals surface area contributed by atoms with E-state index < -0.39 is 5.97 Å². The highest BCUT2D eigenvalue weighted by molar-refractivity contribution is 6.09. The Morgan fingerprint density at radius 1 is 1.00 bits per heavy atom. The average Bonchev–Trinajstić information content (AvgIpc) is 2.77. The molecule has 0 bridgehead atoms. The summed E-state index contributed by atoms with van der Waals surface area (Å²) in [5, 5.41) is 13.2. The molecule has 0 saturated carbocycles. The van der Waals surface area contributed by atoms with E-state index in [9.17, 15) is 9.90 Å². The molecule has 0 saturated heterocycles. The lowest BCUT2D eigenvalue weighted by atomic mass is 10.1. The average molecular weight is 252 g/mol. The van der Waals surface area contributed by atoms with Gasteiger partial charge in [-0.15, -0.1) is 0 Å². The summed E-state index contributed by atoms with van der Waals surface area (Å²) in [5.41, 5.74) is 1.91. The molecule has 4 heteroatoms. The fraction of sp³-hybridized carbons (Fsp3) is 0. The SMILES string of the molecule is O=C(O)c1c(Nc2ccccc2)[nH]c2ccccc12. The molecule has 0 aliphatic rings. The number of nitrogens with one attached hydrogen (secondary N) is 2. The van der Waals surface area contributed by atoms with Gasteiger partial charge in [-0.25, -0.2) is 4.79 Å². The van der Waals surface area contributed by atoms with Gasteiger partial charge in [-0.1, -0.05) is 36.4 Å². The van der Waals surface area contributed by atoms with E-state index >= 15 is 0 Å². The summed E-state index contributed by atoms with van der Waals surface area (Å²) in [6, 6.07) is 16.8. The summed E-state index contributed by atoms with van der Waals surface area (Å²) in [7, 11) is 0. The van der Waals surface area contributed by atoms with Gasteiger partial charge in [0.1, 0.15) is 11.4 Å². The number of carboxylic acids is 1. The third-order valence-corrected chi connectivity index (χ3v) is 2.96. The highest BCUT2D eigenvalue weighted by atomic mass is 16.4. The Balaban J connectivity index is 2.13. The van der Waals surface area contributed by atoms with E-state index in [1.807, 2.05) is 48.5 Å². The number of aromatic carboxylic acids is 1. The zero-order valence-corrected chi connectivity index (χ0v) is 10.1. The Morgan fingerprint density at radius 3 is 2.42 bits per heavy atom. The second kappa shape index (κ2) is 4.49. The second-order valence-corrected chi connectivity index (χ2v) is 4.22. The van der Waals surface area contributed by atoms with Crippen LogP contribution in [-0.4, -0.2) is 16.1 Å². The molecule has 0 aliphatic heterocycles. The molecule has 0 atom stereocenters. The van der Waals surface area contributed by atoms with E-state index in [-0.39, 0.29) is 5.56 Å². The van der Waals surface area contributed by atoms with E-state index in [2.05, 4.69) is 10.3 Å². The summed E-state index contributed by atoms with van der Waals surface area (Å²) >= 11 is 0. The highest BCUT2D eigenvalue weighted by Crippen LogP contribution is 2.28. The Hall–Kier alpha value is -2.75. The molecule has 0 radical (unpaired) electrons. The summed E-state index contributed by atoms with van der Waals surface area (Å²) in [6.45, 7) is 0. The number of aromatic amines is 1. The molecule has 0 spiro atoms. The van der Waals surface area contributed by atoms with Crippen LogP contribution in [-0.2, 0) is 0 Å². The lowest BCUT2D eigenvalue weighted by Gasteiger charge is -2.05. The van der Waals surface area contributed by atoms with Gasteiger partial charge >= 0.3 is 5.97 Å². The summed E-state index contributed by atoms with van der Waals surface area (Å²) < 4.78 is 0. The number of benzene rings is 2. The molecule has 2 aromatic carbocycles. The quantitative estimate of drug-likeness (QED) is 0.667. The molecule has 3 N–H and O–H groups in total. The van der Waals surface area contributed by atoms with Gasteiger partial charge in [0.15, 0.2) is 0 Å². The van der Waals surface area contributed by atoms with Crippen molar-refractivity contribution < 1.29 is 9.90 Å². The van der Waals surface area contributed by atoms with Crippen molar-refractivity contribution in [1.29, 1.82) is 0 Å². The van der Waals surface area contributed by atoms with Crippen molar-refractivity contribution in [2.24, 2.45) is 0 Å². The number of hydrogen-bond acceptors (Lipinski definition) is 2. The van der Waals surface area contributed by atoms with Crippen LogP contribution in [0.1, 0.15) is 10.4 Å². The van der Waals surface area contributed by atoms with E-state index in [4.69, 9.17) is 0 Å². The second-order valence-electron chi connectivity index (χ2n) is 4.22. The van der Waals surface area contributed by atoms with Gasteiger partial charge in [-0.2, -0.15) is 0 Å². The zero-order chi connectivity index (χ0) is 13.2. The number of para-hydroxylation sites is 2. The van der Waals surface area contributed by atoms with Crippen LogP contribution in [0.4, 0.5) is 11.5 Å². The smallest absolute Gasteiger partial charge is 0.340 e. The standard InChI is InChI=1S/C15H12N2O2/c18-15(19)13-11-8-4-5-9-12(11)17-14(13)16-10-6-2-1-3-7-10/h1-9,16-17H,(H,18,19). The fourth-order valence-corrected chi connectivity index (χ4v) is 2.12. The molecule has 3 aromatic rings. The minimum Gasteiger partial charge on any atom is -0.478 e. The molecule has 1 heterocycles. The van der Waals surface area contributed by atoms with Crippen LogP contribution in [0.25, 0.3) is 10.9 Å². The molecule has 4 nitrogen and oxygen atoms in total. The lowest BCUT2D eigenvalue weighted by Crippen LogP contribution is -2.00. The number of hydrogen-bond donors (Lipinski definition) is 3. The number of carboxylic acid groups (broad SMARTS) is 1. The van der Waals surface area contributed by atoms with Gasteiger partial charge in [-0.05, 0) is 18.2 Å². The summed E-state index contributed by atoms with van der Waals surface area (Å²) in [4.78, 5) is 14.5. The van der Waals surface area contributed by atoms with Crippen LogP contribution in [0.3, 0.4) is 0 Å². The predicted octanol–water partition coefficient (Wildman–Crippen LogP) is 3.61. The Kier molecular flexibility index (Phi) is 2.68. The highest BCUT2D eigenvalue weighted by Gasteiger charge is 2.17. The van der Waals surface area contributed by atoms with Gasteiger partial charge in [0.2, 0.25) is 0 Å². The normalized spacial score (nSPS) is 10.5. The maximum Gasteiger partial charge on any atom is 0.340 e. The molecular weight excluding hydrogens is 240 g/mol. The van der Waals surface area contributed by atoms with E-state index in [1.54, 1.807) is 6.07 Å². The lowest BCUT2D eigenvalue weighted by molar-refractivity contribution is 0.0700. The number of anilines is 2. The van der Waals surface area contributed by atoms with E-state index in [0.29, 0.717) is 11.2 Å². The zero-order valence-electron chi connectivity index (χ0n) is 10.1. The fourth-order valence-electron chi connectivity index (χ4n) is 2.12. The van der Waals surface area contributed by atoms with Crippen LogP contribution >= 0.6 is 0 Å². The molecular formula is C15H12N2O2. The van der Waals surface area contributed by atoms with Crippen LogP contribution in [0, 0.1) is 0 Å². The summed E-state index contributed by atoms with van der Waals surface area (Å²) in [5.74, 6) is -0.448. The summed E-state index contributed by atoms with van der Waals surface area (Å²) in [6.07, 6.45) is 0. The van der Waals surface area contributed by atoms with Gasteiger partial charge in [-0.3, -0.25) is 0 Å². The van der Waals surface area contributed by atoms with Crippen LogP contribution in [0.15, 0.2) is 54.6 Å². The van der Waals surface area contributed by atoms with Crippen molar-refractivity contribution >= 4 is 28.4 Å². The molecule has 3 rings (SSSR count). The molecule has 94 valence electrons. The first-order valence-corrected chi connectivity index (χ1v) is 5.92. The molecule has 0 fully saturated rings. The Bertz CT molecular complexity index is 732. The van der Waals surface area contributed by atoms with Gasteiger partial charge < -0.3 is 15.4 Å². The van der Waals surface area contributed by atoms with Crippen molar-refractivity contribution in [3.05, 3.63) is 60.2 Å². The maximum absolute atomic E-state index is 11.4. The minimum atomic E-state index is -0.948. The maximum atomic E-state index is 11.4. The number of rotatable bonds is 3. The molecule has 19 heavy (non-hydrogen) atoms. The first kappa shape index (κ1) is 11.3. The van der Waals surface area contributed by atoms with Crippen molar-refractivity contribution in [2.75, 3.05) is 5.32 Å². The van der Waals surface area contributed by atoms with Gasteiger partial charge in [0.25, 0.3) is 0 Å². The largest absolute Gasteiger partial charge is 0.478 e. The van der Waals surface area contributed by atoms with Crippen molar-refractivity contribution in [3.63, 3.8) is 0 Å². The third-order valence-electron chi connectivity index (χ3n) is 2.96. The van der Waals surface area contributed by atoms with Crippen molar-refractivity contribution in [3.8, 4) is 0 Å². The number of aromatic nitrogens is 1. The Morgan fingerprint density at radius 2 is 1.68 bits per heavy atom. The molecule has 0 unspecified atom stereocenters. The predicted molar refractivity (Wildman–Crippen MR) is 75.0 cm³/mol. The number of carbonyl (C=O) groups is 1. The van der Waals surface area contributed by atoms with E-state index in [0.717, 1.165) is 11.2 Å². The molecule has 0 aliphatic carbocycles. The molecule has 0 amide bonds. The first-order valence-electron chi connectivity index (χ1n) is 5.92. The number of H-pyrrole nitrogens is 1.